The van der Waals surface area contributed by atoms with Gasteiger partial charge >= 0.3 is 11.9 Å². The maximum absolute atomic E-state index is 12.3. The number of alkyl halides is 4. The van der Waals surface area contributed by atoms with Crippen LogP contribution in [-0.2, 0) is 88.9 Å². The zero-order valence-electron chi connectivity index (χ0n) is 62.0. The van der Waals surface area contributed by atoms with Crippen molar-refractivity contribution in [3.05, 3.63) is 321 Å². The van der Waals surface area contributed by atoms with E-state index in [0.29, 0.717) is 57.4 Å². The highest BCUT2D eigenvalue weighted by Crippen LogP contribution is 2.30. The summed E-state index contributed by atoms with van der Waals surface area (Å²) in [6, 6.07) is 79.0. The zero-order chi connectivity index (χ0) is 76.9. The first-order valence-corrected chi connectivity index (χ1v) is 42.2. The van der Waals surface area contributed by atoms with E-state index in [0.717, 1.165) is 102 Å². The Labute approximate surface area is 689 Å². The molecule has 10 rings (SSSR count). The van der Waals surface area contributed by atoms with Gasteiger partial charge < -0.3 is 53.6 Å². The lowest BCUT2D eigenvalue weighted by Gasteiger charge is -2.14. The Hall–Kier alpha value is -7.26. The summed E-state index contributed by atoms with van der Waals surface area (Å²) in [4.78, 5) is 22.5. The van der Waals surface area contributed by atoms with E-state index in [4.69, 9.17) is 48.5 Å². The summed E-state index contributed by atoms with van der Waals surface area (Å²) in [6.45, 7) is 12.9. The summed E-state index contributed by atoms with van der Waals surface area (Å²) in [5.41, 5.74) is 16.2. The topological polar surface area (TPSA) is 180 Å². The number of aliphatic hydroxyl groups excluding tert-OH is 1. The molecule has 0 unspecified atom stereocenters. The minimum atomic E-state index is -0.910. The van der Waals surface area contributed by atoms with Crippen LogP contribution in [0.2, 0.25) is 0 Å². The van der Waals surface area contributed by atoms with Crippen LogP contribution in [0.4, 0.5) is 0 Å². The van der Waals surface area contributed by atoms with Crippen molar-refractivity contribution in [3.63, 3.8) is 0 Å². The van der Waals surface area contributed by atoms with Crippen LogP contribution < -0.4 is 18.9 Å². The number of phenols is 2. The normalized spacial score (nSPS) is 10.3. The molecule has 0 saturated carbocycles. The van der Waals surface area contributed by atoms with E-state index in [9.17, 15) is 14.7 Å². The van der Waals surface area contributed by atoms with Crippen molar-refractivity contribution in [2.75, 3.05) is 44.3 Å². The number of carboxylic acids is 1. The Morgan fingerprint density at radius 2 is 0.738 bits per heavy atom. The third-order valence-electron chi connectivity index (χ3n) is 16.1. The first-order chi connectivity index (χ1) is 52.1. The van der Waals surface area contributed by atoms with E-state index in [-0.39, 0.29) is 49.9 Å². The molecule has 0 aliphatic carbocycles. The highest BCUT2D eigenvalue weighted by atomic mass is 127. The summed E-state index contributed by atoms with van der Waals surface area (Å²) in [6.07, 6.45) is 8.10. The van der Waals surface area contributed by atoms with Gasteiger partial charge in [0.25, 0.3) is 0 Å². The van der Waals surface area contributed by atoms with Crippen LogP contribution in [0.15, 0.2) is 243 Å². The molecule has 10 aromatic rings. The van der Waals surface area contributed by atoms with Gasteiger partial charge in [-0.15, -0.1) is 0 Å². The van der Waals surface area contributed by atoms with E-state index >= 15 is 0 Å². The summed E-state index contributed by atoms with van der Waals surface area (Å²) >= 11 is 9.45. The minimum absolute atomic E-state index is 0.0294. The first-order valence-electron chi connectivity index (χ1n) is 36.1. The molecule has 570 valence electrons. The number of rotatable bonds is 36. The number of phenolic OH excluding ortho intramolecular Hbond substituents is 2. The highest BCUT2D eigenvalue weighted by Gasteiger charge is 2.13. The number of carbonyl (C=O) groups excluding carboxylic acids is 1. The third kappa shape index (κ3) is 40.1. The second-order valence-electron chi connectivity index (χ2n) is 24.9. The number of aliphatic carboxylic acids is 1. The van der Waals surface area contributed by atoms with Gasteiger partial charge in [0.1, 0.15) is 74.3 Å². The number of hydrogen-bond donors (Lipinski definition) is 4. The third-order valence-corrected chi connectivity index (χ3v) is 20.8. The van der Waals surface area contributed by atoms with Crippen LogP contribution >= 0.6 is 90.4 Å². The fourth-order valence-electron chi connectivity index (χ4n) is 10.4. The Morgan fingerprint density at radius 3 is 1.11 bits per heavy atom. The van der Waals surface area contributed by atoms with Gasteiger partial charge in [-0.1, -0.05) is 308 Å². The van der Waals surface area contributed by atoms with Crippen LogP contribution in [0.3, 0.4) is 0 Å². The van der Waals surface area contributed by atoms with E-state index in [1.54, 1.807) is 0 Å². The van der Waals surface area contributed by atoms with Gasteiger partial charge in [-0.25, -0.2) is 0 Å². The van der Waals surface area contributed by atoms with Gasteiger partial charge in [-0.3, -0.25) is 9.59 Å². The molecule has 17 heteroatoms. The molecular weight excluding hydrogens is 1800 g/mol. The van der Waals surface area contributed by atoms with E-state index < -0.39 is 5.97 Å². The van der Waals surface area contributed by atoms with Crippen LogP contribution in [0.1, 0.15) is 116 Å². The summed E-state index contributed by atoms with van der Waals surface area (Å²) in [5.74, 6) is 1.79. The second-order valence-corrected chi connectivity index (χ2v) is 29.2. The highest BCUT2D eigenvalue weighted by molar-refractivity contribution is 14.1. The summed E-state index contributed by atoms with van der Waals surface area (Å²) < 4.78 is 45.9. The Kier molecular flexibility index (Phi) is 47.3. The number of aromatic hydroxyl groups is 2. The Bertz CT molecular complexity index is 3960. The van der Waals surface area contributed by atoms with Gasteiger partial charge in [0.15, 0.2) is 0 Å². The summed E-state index contributed by atoms with van der Waals surface area (Å²) in [5, 5.41) is 35.7. The molecule has 0 saturated heterocycles. The predicted molar refractivity (Wildman–Crippen MR) is 467 cm³/mol. The van der Waals surface area contributed by atoms with Gasteiger partial charge in [0.2, 0.25) is 0 Å². The van der Waals surface area contributed by atoms with Crippen LogP contribution in [-0.4, -0.2) is 76.7 Å². The number of hydrogen-bond acceptors (Lipinski definition) is 12. The molecule has 0 radical (unpaired) electrons. The number of carboxylic acid groups (broad SMARTS) is 1. The number of aliphatic hydroxyl groups is 1. The Morgan fingerprint density at radius 1 is 0.364 bits per heavy atom. The lowest BCUT2D eigenvalue weighted by Crippen LogP contribution is -2.07. The van der Waals surface area contributed by atoms with Crippen LogP contribution in [0.5, 0.6) is 34.5 Å². The summed E-state index contributed by atoms with van der Waals surface area (Å²) in [7, 11) is 0. The fraction of sp³-hybridized carbons (Fsp3) is 0.311. The molecule has 13 nitrogen and oxygen atoms in total. The quantitative estimate of drug-likeness (QED) is 0.00959. The molecule has 0 fully saturated rings. The van der Waals surface area contributed by atoms with E-state index in [1.807, 2.05) is 188 Å². The van der Waals surface area contributed by atoms with Gasteiger partial charge in [-0.2, -0.15) is 0 Å². The maximum Gasteiger partial charge on any atom is 0.306 e. The van der Waals surface area contributed by atoms with Crippen LogP contribution in [0, 0.1) is 27.7 Å². The molecule has 0 spiro atoms. The molecule has 0 aliphatic rings. The van der Waals surface area contributed by atoms with Gasteiger partial charge in [0.05, 0.1) is 0 Å². The zero-order valence-corrected chi connectivity index (χ0v) is 70.7. The van der Waals surface area contributed by atoms with Gasteiger partial charge in [-0.05, 0) is 170 Å². The van der Waals surface area contributed by atoms with Crippen LogP contribution in [0.25, 0.3) is 0 Å². The van der Waals surface area contributed by atoms with Crippen molar-refractivity contribution >= 4 is 102 Å². The number of aryl methyl sites for hydroxylation is 9. The second kappa shape index (κ2) is 56.0. The number of benzene rings is 10. The maximum atomic E-state index is 12.3. The molecule has 0 aliphatic heterocycles. The fourth-order valence-corrected chi connectivity index (χ4v) is 12.6. The van der Waals surface area contributed by atoms with E-state index in [1.165, 1.54) is 75.7 Å². The largest absolute Gasteiger partial charge is 0.508 e. The molecular formula is C90H104I4O13. The standard InChI is InChI=1S/C30H28O4.C23H24O3.C23H32O2.C9H10O4.C3H6I2.C2H4I2/c31-30(34-23-26-14-8-3-9-15-26)19-17-27-16-18-28(32-21-24-10-4-1-5-11-24)20-29(27)33-22-25-12-6-2-7-13-25;24-15-7-12-21-13-14-22(25-17-19-8-3-1-4-9-19)16-23(21)26-18-20-10-5-2-6-11-20;1-18-9-11-22(20(3)15-18)7-5-13-24-17-25-14-6-8-23-12-10-19(2)16-21(23)4;10-7-3-1-6(8(11)5-7)2-4-9(12)13;4-2-1-3-5;3-1-2-4/h1-16,18,20H,17,19,21-23H2;1-6,8-11,13-14,16,24H,7,12,15,17-18H2;9-12,15-16H,5-8,13-14,17H2,1-4H3;1,3,5,10-11H,2,4H2,(H,12,13);1-3H2;1-2H2. The molecule has 10 aromatic carbocycles. The van der Waals surface area contributed by atoms with Crippen molar-refractivity contribution < 1.29 is 63.2 Å². The van der Waals surface area contributed by atoms with Crippen molar-refractivity contribution in [2.45, 2.75) is 131 Å². The van der Waals surface area contributed by atoms with Gasteiger partial charge in [0, 0.05) is 68.6 Å². The average Bonchev–Trinajstić information content (AvgIpc) is 0.847. The van der Waals surface area contributed by atoms with Crippen molar-refractivity contribution in [1.82, 2.24) is 0 Å². The minimum Gasteiger partial charge on any atom is -0.508 e. The Balaban J connectivity index is 0.000000255. The molecule has 0 aromatic heterocycles. The molecule has 0 bridgehead atoms. The number of esters is 1. The van der Waals surface area contributed by atoms with Crippen molar-refractivity contribution in [1.29, 1.82) is 0 Å². The number of carbonyl (C=O) groups is 2. The molecule has 107 heavy (non-hydrogen) atoms. The smallest absolute Gasteiger partial charge is 0.306 e. The molecule has 0 heterocycles. The number of ether oxygens (including phenoxy) is 7. The van der Waals surface area contributed by atoms with E-state index in [2.05, 4.69) is 154 Å². The average molecular weight is 1900 g/mol. The SMILES string of the molecule is Cc1ccc(CCCOCOCCCc2ccc(C)cc2C)c(C)c1.ICCCI.ICCI.O=C(CCc1ccc(OCc2ccccc2)cc1OCc1ccccc1)OCc1ccccc1.O=C(O)CCc1ccc(O)cc1O.OCCCc1ccc(OCc2ccccc2)cc1OCc1ccccc1. The predicted octanol–water partition coefficient (Wildman–Crippen LogP) is 22.0. The molecule has 4 N–H and O–H groups in total. The number of halogens is 4. The lowest BCUT2D eigenvalue weighted by molar-refractivity contribution is -0.145. The first kappa shape index (κ1) is 90.4. The molecule has 0 amide bonds. The lowest BCUT2D eigenvalue weighted by atomic mass is 10.0. The van der Waals surface area contributed by atoms with Crippen molar-refractivity contribution in [2.24, 2.45) is 0 Å². The molecule has 0 atom stereocenters. The monoisotopic (exact) mass is 1900 g/mol. The van der Waals surface area contributed by atoms with Crippen molar-refractivity contribution in [3.8, 4) is 34.5 Å².